The van der Waals surface area contributed by atoms with Gasteiger partial charge in [0.1, 0.15) is 0 Å². The molecule has 0 aromatic rings. The van der Waals surface area contributed by atoms with E-state index < -0.39 is 15.4 Å². The summed E-state index contributed by atoms with van der Waals surface area (Å²) in [5, 5.41) is 0. The van der Waals surface area contributed by atoms with Crippen molar-refractivity contribution in [3.8, 4) is 0 Å². The summed E-state index contributed by atoms with van der Waals surface area (Å²) in [6.45, 7) is 8.33. The first-order valence-electron chi connectivity index (χ1n) is 7.08. The third-order valence-electron chi connectivity index (χ3n) is 2.92. The molecule has 1 N–H and O–H groups in total. The van der Waals surface area contributed by atoms with Crippen molar-refractivity contribution in [1.29, 1.82) is 0 Å². The molecule has 0 radical (unpaired) electrons. The minimum absolute atomic E-state index is 0.0259. The van der Waals surface area contributed by atoms with Crippen LogP contribution in [0, 0.1) is 0 Å². The van der Waals surface area contributed by atoms with Crippen molar-refractivity contribution in [2.45, 2.75) is 53.4 Å². The normalized spacial score (nSPS) is 15.9. The van der Waals surface area contributed by atoms with Crippen LogP contribution in [-0.4, -0.2) is 11.5 Å². The maximum atomic E-state index is 11.0. The molecule has 0 spiro atoms. The van der Waals surface area contributed by atoms with Gasteiger partial charge in [-0.05, 0) is 53.4 Å². The van der Waals surface area contributed by atoms with Crippen LogP contribution in [0.3, 0.4) is 0 Å². The summed E-state index contributed by atoms with van der Waals surface area (Å²) >= 11 is 0. The van der Waals surface area contributed by atoms with Gasteiger partial charge in [0.15, 0.2) is 0 Å². The Morgan fingerprint density at radius 1 is 1.05 bits per heavy atom. The lowest BCUT2D eigenvalue weighted by Crippen LogP contribution is -1.87. The predicted octanol–water partition coefficient (Wildman–Crippen LogP) is 5.55. The standard InChI is InChI=1S/C15H26O4P2/c1-13(2)7-5-8-14(3)9-6-10-15(4)11-12-19-21(17,18)20-16/h7,9,11H,5-6,8,10,12H2,1-4H3,(H,17,18)/p+1. The van der Waals surface area contributed by atoms with Crippen LogP contribution in [0.1, 0.15) is 53.4 Å². The van der Waals surface area contributed by atoms with Crippen LogP contribution in [0.25, 0.3) is 0 Å². The molecule has 120 valence electrons. The smallest absolute Gasteiger partial charge is 0.287 e. The first kappa shape index (κ1) is 20.5. The van der Waals surface area contributed by atoms with Gasteiger partial charge in [-0.25, -0.2) is 4.57 Å². The fourth-order valence-electron chi connectivity index (χ4n) is 1.65. The average molecular weight is 333 g/mol. The fourth-order valence-corrected chi connectivity index (χ4v) is 2.36. The van der Waals surface area contributed by atoms with Crippen LogP contribution in [0.2, 0.25) is 0 Å². The molecule has 0 aromatic carbocycles. The highest BCUT2D eigenvalue weighted by atomic mass is 32.1. The summed E-state index contributed by atoms with van der Waals surface area (Å²) in [6, 6.07) is 0. The molecule has 0 aliphatic carbocycles. The molecule has 21 heavy (non-hydrogen) atoms. The van der Waals surface area contributed by atoms with E-state index in [0.29, 0.717) is 0 Å². The van der Waals surface area contributed by atoms with Gasteiger partial charge >= 0.3 is 15.4 Å². The zero-order valence-corrected chi connectivity index (χ0v) is 15.3. The van der Waals surface area contributed by atoms with Crippen molar-refractivity contribution in [3.05, 3.63) is 34.9 Å². The van der Waals surface area contributed by atoms with Crippen LogP contribution in [0.4, 0.5) is 0 Å². The number of rotatable bonds is 10. The minimum atomic E-state index is -3.88. The van der Waals surface area contributed by atoms with Crippen LogP contribution >= 0.6 is 15.4 Å². The summed E-state index contributed by atoms with van der Waals surface area (Å²) < 4.78 is 26.0. The SMILES string of the molecule is CC(C)=CCCC(C)=CCCC(C)=CCOP(=O)(O)[PH+]=O. The number of hydrogen-bond donors (Lipinski definition) is 1. The molecule has 2 unspecified atom stereocenters. The van der Waals surface area contributed by atoms with E-state index in [2.05, 4.69) is 37.4 Å². The van der Waals surface area contributed by atoms with Gasteiger partial charge in [0.2, 0.25) is 0 Å². The molecule has 0 saturated carbocycles. The predicted molar refractivity (Wildman–Crippen MR) is 90.2 cm³/mol. The molecule has 6 heteroatoms. The van der Waals surface area contributed by atoms with Crippen molar-refractivity contribution >= 4 is 15.4 Å². The third kappa shape index (κ3) is 12.9. The molecule has 0 aliphatic heterocycles. The molecule has 4 nitrogen and oxygen atoms in total. The second-order valence-corrected chi connectivity index (χ2v) is 9.09. The van der Waals surface area contributed by atoms with E-state index in [4.69, 9.17) is 4.89 Å². The highest BCUT2D eigenvalue weighted by Crippen LogP contribution is 2.54. The molecule has 0 aliphatic rings. The second kappa shape index (κ2) is 11.1. The first-order chi connectivity index (χ1) is 9.76. The Bertz CT molecular complexity index is 460. The van der Waals surface area contributed by atoms with Crippen molar-refractivity contribution in [1.82, 2.24) is 0 Å². The summed E-state index contributed by atoms with van der Waals surface area (Å²) in [6.07, 6.45) is 10.2. The van der Waals surface area contributed by atoms with Crippen LogP contribution in [0.5, 0.6) is 0 Å². The Morgan fingerprint density at radius 3 is 2.10 bits per heavy atom. The molecule has 0 saturated heterocycles. The topological polar surface area (TPSA) is 63.6 Å². The monoisotopic (exact) mass is 333 g/mol. The molecular weight excluding hydrogens is 306 g/mol. The maximum absolute atomic E-state index is 11.0. The molecule has 0 bridgehead atoms. The Morgan fingerprint density at radius 2 is 1.57 bits per heavy atom. The van der Waals surface area contributed by atoms with Gasteiger partial charge in [-0.2, -0.15) is 0 Å². The largest absolute Gasteiger partial charge is 0.565 e. The zero-order chi connectivity index (χ0) is 16.3. The van der Waals surface area contributed by atoms with Gasteiger partial charge in [0.05, 0.1) is 6.61 Å². The lowest BCUT2D eigenvalue weighted by molar-refractivity contribution is 0.303. The highest BCUT2D eigenvalue weighted by molar-refractivity contribution is 8.14. The van der Waals surface area contributed by atoms with E-state index in [9.17, 15) is 9.13 Å². The minimum Gasteiger partial charge on any atom is -0.287 e. The van der Waals surface area contributed by atoms with E-state index >= 15 is 0 Å². The summed E-state index contributed by atoms with van der Waals surface area (Å²) in [4.78, 5) is 9.00. The lowest BCUT2D eigenvalue weighted by atomic mass is 10.1. The van der Waals surface area contributed by atoms with Crippen LogP contribution in [-0.2, 0) is 13.7 Å². The molecule has 0 aromatic heterocycles. The van der Waals surface area contributed by atoms with Gasteiger partial charge < -0.3 is 0 Å². The van der Waals surface area contributed by atoms with Crippen molar-refractivity contribution in [2.75, 3.05) is 6.61 Å². The third-order valence-corrected chi connectivity index (χ3v) is 4.73. The van der Waals surface area contributed by atoms with Crippen molar-refractivity contribution in [2.24, 2.45) is 0 Å². The van der Waals surface area contributed by atoms with Crippen LogP contribution in [0.15, 0.2) is 34.9 Å². The quantitative estimate of drug-likeness (QED) is 0.421. The zero-order valence-electron chi connectivity index (χ0n) is 13.4. The Labute approximate surface area is 129 Å². The maximum Gasteiger partial charge on any atom is 0.565 e. The second-order valence-electron chi connectivity index (χ2n) is 5.37. The van der Waals surface area contributed by atoms with Crippen LogP contribution < -0.4 is 0 Å². The Balaban J connectivity index is 4.01. The number of allylic oxidation sites excluding steroid dienone is 5. The summed E-state index contributed by atoms with van der Waals surface area (Å²) in [7, 11) is -5.20. The van der Waals surface area contributed by atoms with Crippen molar-refractivity contribution in [3.63, 3.8) is 0 Å². The molecule has 0 heterocycles. The fraction of sp³-hybridized carbons (Fsp3) is 0.600. The molecule has 0 amide bonds. The van der Waals surface area contributed by atoms with Gasteiger partial charge in [0.25, 0.3) is 0 Å². The molecule has 0 fully saturated rings. The van der Waals surface area contributed by atoms with Gasteiger partial charge in [0, 0.05) is 0 Å². The molecular formula is C15H27O4P2+. The van der Waals surface area contributed by atoms with E-state index in [1.807, 2.05) is 6.92 Å². The van der Waals surface area contributed by atoms with Gasteiger partial charge in [-0.1, -0.05) is 39.5 Å². The van der Waals surface area contributed by atoms with E-state index in [1.54, 1.807) is 6.08 Å². The highest BCUT2D eigenvalue weighted by Gasteiger charge is 2.28. The summed E-state index contributed by atoms with van der Waals surface area (Å²) in [5.74, 6) is 0. The Kier molecular flexibility index (Phi) is 10.8. The first-order valence-corrected chi connectivity index (χ1v) is 10.4. The molecule has 0 rings (SSSR count). The number of hydrogen-bond acceptors (Lipinski definition) is 3. The van der Waals surface area contributed by atoms with Crippen molar-refractivity contribution < 1.29 is 18.5 Å². The van der Waals surface area contributed by atoms with Gasteiger partial charge in [-0.15, -0.1) is 0 Å². The average Bonchev–Trinajstić information content (AvgIpc) is 2.38. The van der Waals surface area contributed by atoms with E-state index in [1.165, 1.54) is 11.1 Å². The summed E-state index contributed by atoms with van der Waals surface area (Å²) in [5.41, 5.74) is 3.82. The lowest BCUT2D eigenvalue weighted by Gasteiger charge is -2.02. The van der Waals surface area contributed by atoms with E-state index in [-0.39, 0.29) is 6.61 Å². The van der Waals surface area contributed by atoms with E-state index in [0.717, 1.165) is 31.3 Å². The van der Waals surface area contributed by atoms with Gasteiger partial charge in [-0.3, -0.25) is 9.42 Å². The Hall–Kier alpha value is -0.530. The molecule has 2 atom stereocenters.